The van der Waals surface area contributed by atoms with E-state index in [-0.39, 0.29) is 12.3 Å². The van der Waals surface area contributed by atoms with Crippen LogP contribution in [0.5, 0.6) is 5.75 Å². The number of nitro benzene ring substituents is 1. The van der Waals surface area contributed by atoms with E-state index in [2.05, 4.69) is 0 Å². The third-order valence-electron chi connectivity index (χ3n) is 4.17. The maximum absolute atomic E-state index is 10.8. The maximum Gasteiger partial charge on any atom is 0.269 e. The molecule has 1 aliphatic rings. The highest BCUT2D eigenvalue weighted by Crippen LogP contribution is 2.23. The second-order valence-electron chi connectivity index (χ2n) is 6.11. The van der Waals surface area contributed by atoms with Crippen LogP contribution >= 0.6 is 0 Å². The van der Waals surface area contributed by atoms with Gasteiger partial charge in [-0.3, -0.25) is 10.1 Å². The lowest BCUT2D eigenvalue weighted by Crippen LogP contribution is -2.55. The molecule has 4 atom stereocenters. The lowest BCUT2D eigenvalue weighted by Gasteiger charge is -2.35. The first-order chi connectivity index (χ1) is 12.4. The van der Waals surface area contributed by atoms with Gasteiger partial charge in [0.1, 0.15) is 18.0 Å². The summed E-state index contributed by atoms with van der Waals surface area (Å²) < 4.78 is 10.5. The first-order valence-electron chi connectivity index (χ1n) is 8.09. The Morgan fingerprint density at radius 2 is 1.85 bits per heavy atom. The Labute approximate surface area is 149 Å². The van der Waals surface area contributed by atoms with E-state index < -0.39 is 29.5 Å². The summed E-state index contributed by atoms with van der Waals surface area (Å²) >= 11 is 0. The highest BCUT2D eigenvalue weighted by atomic mass is 16.6. The SMILES string of the molecule is O=[N+]([O-])c1cccc(Cc2ccc(O[C@@H]3[C@@H](O)[C@H](O)CO[C@H]3O)cc2)c1. The lowest BCUT2D eigenvalue weighted by atomic mass is 10.0. The number of rotatable bonds is 5. The van der Waals surface area contributed by atoms with Crippen LogP contribution in [0.4, 0.5) is 5.69 Å². The zero-order valence-corrected chi connectivity index (χ0v) is 13.8. The molecule has 0 unspecified atom stereocenters. The first kappa shape index (κ1) is 18.3. The van der Waals surface area contributed by atoms with Crippen molar-refractivity contribution in [3.8, 4) is 5.75 Å². The van der Waals surface area contributed by atoms with Crippen LogP contribution in [0.25, 0.3) is 0 Å². The molecule has 0 amide bonds. The van der Waals surface area contributed by atoms with Crippen molar-refractivity contribution < 1.29 is 29.7 Å². The van der Waals surface area contributed by atoms with Crippen molar-refractivity contribution in [3.05, 3.63) is 69.8 Å². The molecule has 0 aliphatic carbocycles. The van der Waals surface area contributed by atoms with Gasteiger partial charge in [0.2, 0.25) is 0 Å². The standard InChI is InChI=1S/C18H19NO7/c20-15-10-25-18(22)17(16(15)21)26-14-6-4-11(5-7-14)8-12-2-1-3-13(9-12)19(23)24/h1-7,9,15-18,20-22H,8,10H2/t15-,16+,17-,18-/m1/s1. The van der Waals surface area contributed by atoms with E-state index in [0.29, 0.717) is 12.2 Å². The molecule has 2 aromatic carbocycles. The number of ether oxygens (including phenoxy) is 2. The summed E-state index contributed by atoms with van der Waals surface area (Å²) in [6, 6.07) is 13.3. The molecule has 2 aromatic rings. The van der Waals surface area contributed by atoms with E-state index in [1.807, 2.05) is 6.07 Å². The van der Waals surface area contributed by atoms with Gasteiger partial charge in [-0.2, -0.15) is 0 Å². The third-order valence-corrected chi connectivity index (χ3v) is 4.17. The highest BCUT2D eigenvalue weighted by molar-refractivity contribution is 5.38. The number of nitrogens with zero attached hydrogens (tertiary/aromatic N) is 1. The monoisotopic (exact) mass is 361 g/mol. The van der Waals surface area contributed by atoms with Gasteiger partial charge in [-0.25, -0.2) is 0 Å². The van der Waals surface area contributed by atoms with Gasteiger partial charge < -0.3 is 24.8 Å². The molecular formula is C18H19NO7. The van der Waals surface area contributed by atoms with Crippen LogP contribution in [0.1, 0.15) is 11.1 Å². The van der Waals surface area contributed by atoms with Crippen molar-refractivity contribution >= 4 is 5.69 Å². The van der Waals surface area contributed by atoms with E-state index >= 15 is 0 Å². The second-order valence-corrected chi connectivity index (χ2v) is 6.11. The fourth-order valence-electron chi connectivity index (χ4n) is 2.76. The fourth-order valence-corrected chi connectivity index (χ4v) is 2.76. The van der Waals surface area contributed by atoms with Crippen molar-refractivity contribution in [2.45, 2.75) is 31.0 Å². The Morgan fingerprint density at radius 3 is 2.54 bits per heavy atom. The van der Waals surface area contributed by atoms with Crippen LogP contribution in [0, 0.1) is 10.1 Å². The summed E-state index contributed by atoms with van der Waals surface area (Å²) in [4.78, 5) is 10.4. The van der Waals surface area contributed by atoms with E-state index in [1.165, 1.54) is 12.1 Å². The summed E-state index contributed by atoms with van der Waals surface area (Å²) in [5, 5.41) is 40.1. The zero-order chi connectivity index (χ0) is 18.7. The number of aliphatic hydroxyl groups is 3. The predicted molar refractivity (Wildman–Crippen MR) is 90.7 cm³/mol. The quantitative estimate of drug-likeness (QED) is 0.536. The van der Waals surface area contributed by atoms with Crippen molar-refractivity contribution in [3.63, 3.8) is 0 Å². The molecule has 0 aromatic heterocycles. The highest BCUT2D eigenvalue weighted by Gasteiger charge is 2.39. The minimum atomic E-state index is -1.34. The van der Waals surface area contributed by atoms with Crippen LogP contribution in [-0.4, -0.2) is 51.5 Å². The number of hydrogen-bond donors (Lipinski definition) is 3. The Kier molecular flexibility index (Phi) is 5.48. The molecule has 0 bridgehead atoms. The lowest BCUT2D eigenvalue weighted by molar-refractivity contribution is -0.384. The van der Waals surface area contributed by atoms with Gasteiger partial charge in [-0.15, -0.1) is 0 Å². The molecule has 0 spiro atoms. The molecule has 1 fully saturated rings. The number of aliphatic hydroxyl groups excluding tert-OH is 3. The molecular weight excluding hydrogens is 342 g/mol. The smallest absolute Gasteiger partial charge is 0.269 e. The van der Waals surface area contributed by atoms with Crippen molar-refractivity contribution in [2.24, 2.45) is 0 Å². The summed E-state index contributed by atoms with van der Waals surface area (Å²) in [7, 11) is 0. The van der Waals surface area contributed by atoms with Crippen LogP contribution in [0.3, 0.4) is 0 Å². The Balaban J connectivity index is 1.67. The van der Waals surface area contributed by atoms with Gasteiger partial charge in [-0.05, 0) is 29.7 Å². The van der Waals surface area contributed by atoms with E-state index in [9.17, 15) is 25.4 Å². The summed E-state index contributed by atoms with van der Waals surface area (Å²) in [6.07, 6.45) is -4.31. The van der Waals surface area contributed by atoms with Crippen molar-refractivity contribution in [1.29, 1.82) is 0 Å². The number of nitro groups is 1. The minimum absolute atomic E-state index is 0.0429. The summed E-state index contributed by atoms with van der Waals surface area (Å²) in [5.74, 6) is 0.397. The van der Waals surface area contributed by atoms with Gasteiger partial charge in [0.05, 0.1) is 11.5 Å². The van der Waals surface area contributed by atoms with Gasteiger partial charge in [0.25, 0.3) is 5.69 Å². The van der Waals surface area contributed by atoms with E-state index in [0.717, 1.165) is 11.1 Å². The van der Waals surface area contributed by atoms with Crippen molar-refractivity contribution in [2.75, 3.05) is 6.61 Å². The molecule has 0 saturated carbocycles. The largest absolute Gasteiger partial charge is 0.482 e. The van der Waals surface area contributed by atoms with Crippen LogP contribution in [0.2, 0.25) is 0 Å². The third kappa shape index (κ3) is 4.17. The topological polar surface area (TPSA) is 122 Å². The molecule has 8 nitrogen and oxygen atoms in total. The maximum atomic E-state index is 10.8. The molecule has 26 heavy (non-hydrogen) atoms. The van der Waals surface area contributed by atoms with Gasteiger partial charge in [-0.1, -0.05) is 24.3 Å². The Hall–Kier alpha value is -2.52. The van der Waals surface area contributed by atoms with E-state index in [4.69, 9.17) is 9.47 Å². The normalized spacial score (nSPS) is 25.7. The van der Waals surface area contributed by atoms with Crippen LogP contribution in [-0.2, 0) is 11.2 Å². The average molecular weight is 361 g/mol. The van der Waals surface area contributed by atoms with Gasteiger partial charge in [0, 0.05) is 12.1 Å². The van der Waals surface area contributed by atoms with E-state index in [1.54, 1.807) is 30.3 Å². The first-order valence-corrected chi connectivity index (χ1v) is 8.09. The summed E-state index contributed by atoms with van der Waals surface area (Å²) in [6.45, 7) is -0.162. The molecule has 3 N–H and O–H groups in total. The average Bonchev–Trinajstić information content (AvgIpc) is 2.63. The predicted octanol–water partition coefficient (Wildman–Crippen LogP) is 1.00. The Morgan fingerprint density at radius 1 is 1.12 bits per heavy atom. The molecule has 1 heterocycles. The number of benzene rings is 2. The second kappa shape index (κ2) is 7.79. The fraction of sp³-hybridized carbons (Fsp3) is 0.333. The molecule has 3 rings (SSSR count). The van der Waals surface area contributed by atoms with Gasteiger partial charge in [0.15, 0.2) is 12.4 Å². The Bertz CT molecular complexity index is 764. The van der Waals surface area contributed by atoms with Crippen LogP contribution < -0.4 is 4.74 Å². The molecule has 1 aliphatic heterocycles. The molecule has 1 saturated heterocycles. The zero-order valence-electron chi connectivity index (χ0n) is 13.8. The minimum Gasteiger partial charge on any atom is -0.482 e. The molecule has 0 radical (unpaired) electrons. The number of non-ortho nitro benzene ring substituents is 1. The van der Waals surface area contributed by atoms with Gasteiger partial charge >= 0.3 is 0 Å². The molecule has 138 valence electrons. The van der Waals surface area contributed by atoms with Crippen molar-refractivity contribution in [1.82, 2.24) is 0 Å². The van der Waals surface area contributed by atoms with Crippen LogP contribution in [0.15, 0.2) is 48.5 Å². The number of hydrogen-bond acceptors (Lipinski definition) is 7. The summed E-state index contributed by atoms with van der Waals surface area (Å²) in [5.41, 5.74) is 1.77. The molecule has 8 heteroatoms.